The highest BCUT2D eigenvalue weighted by molar-refractivity contribution is 6.10. The summed E-state index contributed by atoms with van der Waals surface area (Å²) in [5, 5.41) is 24.7. The highest BCUT2D eigenvalue weighted by Crippen LogP contribution is 2.31. The molecule has 2 fully saturated rings. The van der Waals surface area contributed by atoms with Crippen molar-refractivity contribution in [3.63, 3.8) is 0 Å². The van der Waals surface area contributed by atoms with Crippen LogP contribution in [0.5, 0.6) is 5.75 Å². The van der Waals surface area contributed by atoms with Crippen molar-refractivity contribution in [2.24, 2.45) is 5.92 Å². The fourth-order valence-corrected chi connectivity index (χ4v) is 5.39. The molecule has 2 aliphatic heterocycles. The maximum absolute atomic E-state index is 14.9. The van der Waals surface area contributed by atoms with Crippen LogP contribution in [-0.2, 0) is 4.79 Å². The van der Waals surface area contributed by atoms with E-state index in [9.17, 15) is 28.7 Å². The van der Waals surface area contributed by atoms with E-state index in [0.29, 0.717) is 24.5 Å². The fourth-order valence-electron chi connectivity index (χ4n) is 5.39. The Kier molecular flexibility index (Phi) is 8.88. The van der Waals surface area contributed by atoms with E-state index in [2.05, 4.69) is 21.6 Å². The van der Waals surface area contributed by atoms with Gasteiger partial charge in [-0.2, -0.15) is 5.26 Å². The molecule has 10 heteroatoms. The second-order valence-corrected chi connectivity index (χ2v) is 11.6. The summed E-state index contributed by atoms with van der Waals surface area (Å²) in [4.78, 5) is 28.0. The minimum Gasteiger partial charge on any atom is -0.492 e. The minimum atomic E-state index is -1.24. The van der Waals surface area contributed by atoms with E-state index in [0.717, 1.165) is 32.0 Å². The molecule has 0 radical (unpaired) electrons. The van der Waals surface area contributed by atoms with Crippen LogP contribution in [0.3, 0.4) is 0 Å². The summed E-state index contributed by atoms with van der Waals surface area (Å²) in [6, 6.07) is 11.0. The van der Waals surface area contributed by atoms with Crippen LogP contribution in [0, 0.1) is 23.1 Å². The van der Waals surface area contributed by atoms with Gasteiger partial charge >= 0.3 is 0 Å². The first-order chi connectivity index (χ1) is 18.9. The highest BCUT2D eigenvalue weighted by atomic mass is 19.1. The van der Waals surface area contributed by atoms with Gasteiger partial charge in [0.15, 0.2) is 0 Å². The molecule has 2 atom stereocenters. The van der Waals surface area contributed by atoms with E-state index >= 15 is 0 Å². The molecule has 0 aliphatic carbocycles. The summed E-state index contributed by atoms with van der Waals surface area (Å²) in [6.07, 6.45) is 1.13. The molecule has 0 bridgehead atoms. The van der Waals surface area contributed by atoms with Crippen LogP contribution >= 0.6 is 0 Å². The lowest BCUT2D eigenvalue weighted by Gasteiger charge is -2.34. The number of benzene rings is 2. The maximum Gasteiger partial charge on any atom is 0.261 e. The third-order valence-corrected chi connectivity index (χ3v) is 7.53. The first-order valence-corrected chi connectivity index (χ1v) is 13.5. The van der Waals surface area contributed by atoms with Crippen LogP contribution in [-0.4, -0.2) is 71.9 Å². The number of halogens is 2. The van der Waals surface area contributed by atoms with Gasteiger partial charge in [-0.3, -0.25) is 14.9 Å². The molecule has 214 valence electrons. The van der Waals surface area contributed by atoms with Gasteiger partial charge in [-0.15, -0.1) is 0 Å². The minimum absolute atomic E-state index is 0.123. The molecular formula is C30H36F2N4O4. The number of hydrogen-bond acceptors (Lipinski definition) is 7. The van der Waals surface area contributed by atoms with Gasteiger partial charge < -0.3 is 20.1 Å². The van der Waals surface area contributed by atoms with Crippen LogP contribution in [0.15, 0.2) is 36.4 Å². The number of hydrogen-bond donors (Lipinski definition) is 3. The Balaban J connectivity index is 1.46. The number of imide groups is 1. The quantitative estimate of drug-likeness (QED) is 0.428. The Hall–Kier alpha value is -3.39. The molecule has 3 N–H and O–H groups in total. The van der Waals surface area contributed by atoms with Crippen LogP contribution in [0.1, 0.15) is 56.0 Å². The standard InChI is InChI=1S/C30H36F2N4O4/c1-29(2,32)18-36-11-9-19(10-12-36)17-40-25-8-7-20(13-21(25)15-33)23-5-4-6-24(31)26(23)27(38)35-28(39)30(3)14-22(37)16-34-30/h4-8,13,19,22,34,37H,9-12,14,16-18H2,1-3H3,(H,35,38,39)/t22-,30+/m1/s1. The summed E-state index contributed by atoms with van der Waals surface area (Å²) in [5.41, 5.74) is -1.84. The number of carbonyl (C=O) groups excluding carboxylic acids is 2. The predicted molar refractivity (Wildman–Crippen MR) is 146 cm³/mol. The molecule has 0 unspecified atom stereocenters. The molecule has 2 heterocycles. The van der Waals surface area contributed by atoms with E-state index < -0.39 is 34.9 Å². The molecule has 2 aromatic rings. The molecule has 2 aromatic carbocycles. The topological polar surface area (TPSA) is 115 Å². The lowest BCUT2D eigenvalue weighted by molar-refractivity contribution is -0.125. The average Bonchev–Trinajstić information content (AvgIpc) is 3.26. The lowest BCUT2D eigenvalue weighted by Crippen LogP contribution is -2.52. The molecular weight excluding hydrogens is 518 g/mol. The Labute approximate surface area is 233 Å². The molecule has 2 aliphatic rings. The Morgan fingerprint density at radius 1 is 1.27 bits per heavy atom. The van der Waals surface area contributed by atoms with Crippen LogP contribution in [0.2, 0.25) is 0 Å². The second kappa shape index (κ2) is 12.0. The lowest BCUT2D eigenvalue weighted by atomic mass is 9.95. The molecule has 40 heavy (non-hydrogen) atoms. The number of aliphatic hydroxyl groups is 1. The predicted octanol–water partition coefficient (Wildman–Crippen LogP) is 3.57. The average molecular weight is 555 g/mol. The van der Waals surface area contributed by atoms with Gasteiger partial charge in [-0.1, -0.05) is 18.2 Å². The molecule has 0 aromatic heterocycles. The van der Waals surface area contributed by atoms with Crippen LogP contribution < -0.4 is 15.4 Å². The van der Waals surface area contributed by atoms with Gasteiger partial charge in [0.2, 0.25) is 5.91 Å². The Morgan fingerprint density at radius 2 is 2.00 bits per heavy atom. The zero-order valence-electron chi connectivity index (χ0n) is 23.1. The smallest absolute Gasteiger partial charge is 0.261 e. The first kappa shape index (κ1) is 29.6. The first-order valence-electron chi connectivity index (χ1n) is 13.5. The molecule has 0 saturated carbocycles. The van der Waals surface area contributed by atoms with Gasteiger partial charge in [0.25, 0.3) is 5.91 Å². The summed E-state index contributed by atoms with van der Waals surface area (Å²) in [7, 11) is 0. The summed E-state index contributed by atoms with van der Waals surface area (Å²) in [5.74, 6) is -1.73. The van der Waals surface area contributed by atoms with Gasteiger partial charge in [-0.25, -0.2) is 8.78 Å². The van der Waals surface area contributed by atoms with Crippen molar-refractivity contribution in [1.29, 1.82) is 5.26 Å². The number of carbonyl (C=O) groups is 2. The van der Waals surface area contributed by atoms with Crippen molar-refractivity contribution in [2.45, 2.75) is 57.3 Å². The van der Waals surface area contributed by atoms with Crippen molar-refractivity contribution < 1.29 is 28.2 Å². The van der Waals surface area contributed by atoms with E-state index in [4.69, 9.17) is 4.74 Å². The second-order valence-electron chi connectivity index (χ2n) is 11.6. The largest absolute Gasteiger partial charge is 0.492 e. The van der Waals surface area contributed by atoms with Gasteiger partial charge in [0.05, 0.1) is 29.4 Å². The fraction of sp³-hybridized carbons (Fsp3) is 0.500. The Morgan fingerprint density at radius 3 is 2.62 bits per heavy atom. The maximum atomic E-state index is 14.9. The Bertz CT molecular complexity index is 1300. The number of rotatable bonds is 8. The van der Waals surface area contributed by atoms with Crippen molar-refractivity contribution in [3.05, 3.63) is 53.3 Å². The summed E-state index contributed by atoms with van der Waals surface area (Å²) >= 11 is 0. The molecule has 8 nitrogen and oxygen atoms in total. The zero-order valence-corrected chi connectivity index (χ0v) is 23.1. The molecule has 0 spiro atoms. The number of nitrogens with zero attached hydrogens (tertiary/aromatic N) is 2. The van der Waals surface area contributed by atoms with Crippen molar-refractivity contribution in [2.75, 3.05) is 32.8 Å². The molecule has 2 saturated heterocycles. The third-order valence-electron chi connectivity index (χ3n) is 7.53. The van der Waals surface area contributed by atoms with Crippen molar-refractivity contribution in [1.82, 2.24) is 15.5 Å². The van der Waals surface area contributed by atoms with Crippen molar-refractivity contribution in [3.8, 4) is 22.9 Å². The number of nitriles is 1. The van der Waals surface area contributed by atoms with E-state index in [1.807, 2.05) is 0 Å². The zero-order chi connectivity index (χ0) is 29.1. The number of nitrogens with one attached hydrogen (secondary N) is 2. The molecule has 4 rings (SSSR count). The van der Waals surface area contributed by atoms with Gasteiger partial charge in [0.1, 0.15) is 23.3 Å². The third kappa shape index (κ3) is 7.02. The number of piperidine rings is 1. The van der Waals surface area contributed by atoms with E-state index in [1.54, 1.807) is 39.0 Å². The summed E-state index contributed by atoms with van der Waals surface area (Å²) in [6.45, 7) is 7.32. The summed E-state index contributed by atoms with van der Waals surface area (Å²) < 4.78 is 34.9. The van der Waals surface area contributed by atoms with Crippen LogP contribution in [0.4, 0.5) is 8.78 Å². The normalized spacial score (nSPS) is 22.1. The SMILES string of the molecule is CC(C)(F)CN1CCC(COc2ccc(-c3cccc(F)c3C(=O)NC(=O)[C@]3(C)C[C@@H](O)CN3)cc2C#N)CC1. The van der Waals surface area contributed by atoms with E-state index in [1.165, 1.54) is 12.1 Å². The highest BCUT2D eigenvalue weighted by Gasteiger charge is 2.41. The molecule has 2 amide bonds. The van der Waals surface area contributed by atoms with Gasteiger partial charge in [-0.05, 0) is 81.9 Å². The van der Waals surface area contributed by atoms with Gasteiger partial charge in [0, 0.05) is 19.5 Å². The monoisotopic (exact) mass is 554 g/mol. The number of β-amino-alcohol motifs (C(OH)–C–C–N with tert-alkyl or cyclic N) is 1. The number of amides is 2. The van der Waals surface area contributed by atoms with E-state index in [-0.39, 0.29) is 35.6 Å². The number of ether oxygens (including phenoxy) is 1. The number of aliphatic hydroxyl groups excluding tert-OH is 1. The van der Waals surface area contributed by atoms with Crippen molar-refractivity contribution >= 4 is 11.8 Å². The number of likely N-dealkylation sites (tertiary alicyclic amines) is 1. The van der Waals surface area contributed by atoms with Crippen LogP contribution in [0.25, 0.3) is 11.1 Å². The number of alkyl halides is 1.